The maximum Gasteiger partial charge on any atom is 0.277 e. The molecule has 6 heteroatoms. The second-order valence-corrected chi connectivity index (χ2v) is 5.08. The number of benzene rings is 2. The van der Waals surface area contributed by atoms with E-state index in [0.717, 1.165) is 11.1 Å². The number of phenols is 2. The van der Waals surface area contributed by atoms with Crippen LogP contribution >= 0.6 is 0 Å². The maximum absolute atomic E-state index is 11.6. The lowest BCUT2D eigenvalue weighted by Crippen LogP contribution is -2.24. The first kappa shape index (κ1) is 16.4. The van der Waals surface area contributed by atoms with Crippen molar-refractivity contribution in [1.82, 2.24) is 5.43 Å². The van der Waals surface area contributed by atoms with Crippen molar-refractivity contribution in [2.75, 3.05) is 6.61 Å². The van der Waals surface area contributed by atoms with Crippen molar-refractivity contribution in [2.45, 2.75) is 13.8 Å². The van der Waals surface area contributed by atoms with E-state index in [0.29, 0.717) is 11.3 Å². The molecule has 0 unspecified atom stereocenters. The second-order valence-electron chi connectivity index (χ2n) is 5.08. The predicted molar refractivity (Wildman–Crippen MR) is 86.9 cm³/mol. The highest BCUT2D eigenvalue weighted by Crippen LogP contribution is 2.23. The average Bonchev–Trinajstić information content (AvgIpc) is 2.52. The SMILES string of the molecule is Cc1ccc(OCC(=O)N/N=C\c2ccc(O)c(O)c2)cc1C. The van der Waals surface area contributed by atoms with Gasteiger partial charge < -0.3 is 14.9 Å². The van der Waals surface area contributed by atoms with Gasteiger partial charge in [0.15, 0.2) is 18.1 Å². The number of hydrogen-bond donors (Lipinski definition) is 3. The molecule has 0 aliphatic carbocycles. The maximum atomic E-state index is 11.6. The van der Waals surface area contributed by atoms with Gasteiger partial charge in [0.25, 0.3) is 5.91 Å². The summed E-state index contributed by atoms with van der Waals surface area (Å²) in [4.78, 5) is 11.6. The van der Waals surface area contributed by atoms with E-state index in [-0.39, 0.29) is 18.1 Å². The van der Waals surface area contributed by atoms with E-state index in [1.807, 2.05) is 26.0 Å². The van der Waals surface area contributed by atoms with Crippen LogP contribution in [0.4, 0.5) is 0 Å². The number of ether oxygens (including phenoxy) is 1. The Morgan fingerprint density at radius 2 is 1.91 bits per heavy atom. The van der Waals surface area contributed by atoms with E-state index in [4.69, 9.17) is 4.74 Å². The van der Waals surface area contributed by atoms with Gasteiger partial charge in [-0.05, 0) is 60.9 Å². The average molecular weight is 314 g/mol. The number of nitrogens with zero attached hydrogens (tertiary/aromatic N) is 1. The molecule has 1 amide bonds. The molecular formula is C17H18N2O4. The first-order chi connectivity index (χ1) is 11.0. The van der Waals surface area contributed by atoms with Gasteiger partial charge in [-0.3, -0.25) is 4.79 Å². The monoisotopic (exact) mass is 314 g/mol. The van der Waals surface area contributed by atoms with Crippen LogP contribution in [0.5, 0.6) is 17.2 Å². The number of nitrogens with one attached hydrogen (secondary N) is 1. The molecule has 6 nitrogen and oxygen atoms in total. The zero-order valence-electron chi connectivity index (χ0n) is 12.9. The Balaban J connectivity index is 1.83. The highest BCUT2D eigenvalue weighted by molar-refractivity contribution is 5.83. The molecule has 2 aromatic carbocycles. The van der Waals surface area contributed by atoms with E-state index in [2.05, 4.69) is 10.5 Å². The standard InChI is InChI=1S/C17H18N2O4/c1-11-3-5-14(7-12(11)2)23-10-17(22)19-18-9-13-4-6-15(20)16(21)8-13/h3-9,20-21H,10H2,1-2H3,(H,19,22)/b18-9-. The van der Waals surface area contributed by atoms with Crippen LogP contribution < -0.4 is 10.2 Å². The summed E-state index contributed by atoms with van der Waals surface area (Å²) >= 11 is 0. The number of carbonyl (C=O) groups is 1. The van der Waals surface area contributed by atoms with Crippen molar-refractivity contribution in [1.29, 1.82) is 0 Å². The number of phenolic OH excluding ortho intramolecular Hbond substituents is 2. The fraction of sp³-hybridized carbons (Fsp3) is 0.176. The fourth-order valence-corrected chi connectivity index (χ4v) is 1.78. The summed E-state index contributed by atoms with van der Waals surface area (Å²) in [5.41, 5.74) is 5.11. The van der Waals surface area contributed by atoms with Crippen molar-refractivity contribution in [2.24, 2.45) is 5.10 Å². The molecule has 23 heavy (non-hydrogen) atoms. The summed E-state index contributed by atoms with van der Waals surface area (Å²) in [6.45, 7) is 3.82. The Bertz CT molecular complexity index is 741. The molecular weight excluding hydrogens is 296 g/mol. The number of aromatic hydroxyl groups is 2. The molecule has 2 rings (SSSR count). The summed E-state index contributed by atoms with van der Waals surface area (Å²) < 4.78 is 5.38. The lowest BCUT2D eigenvalue weighted by molar-refractivity contribution is -0.123. The Morgan fingerprint density at radius 1 is 1.13 bits per heavy atom. The van der Waals surface area contributed by atoms with Crippen LogP contribution in [0.25, 0.3) is 0 Å². The predicted octanol–water partition coefficient (Wildman–Crippen LogP) is 2.24. The minimum Gasteiger partial charge on any atom is -0.504 e. The van der Waals surface area contributed by atoms with Crippen molar-refractivity contribution < 1.29 is 19.7 Å². The van der Waals surface area contributed by atoms with E-state index in [1.54, 1.807) is 12.1 Å². The molecule has 0 radical (unpaired) electrons. The highest BCUT2D eigenvalue weighted by Gasteiger charge is 2.03. The summed E-state index contributed by atoms with van der Waals surface area (Å²) in [6, 6.07) is 9.81. The van der Waals surface area contributed by atoms with Gasteiger partial charge in [0, 0.05) is 0 Å². The first-order valence-electron chi connectivity index (χ1n) is 6.99. The Morgan fingerprint density at radius 3 is 2.61 bits per heavy atom. The summed E-state index contributed by atoms with van der Waals surface area (Å²) in [7, 11) is 0. The molecule has 0 aliphatic heterocycles. The zero-order valence-corrected chi connectivity index (χ0v) is 12.9. The van der Waals surface area contributed by atoms with Gasteiger partial charge in [0.05, 0.1) is 6.21 Å². The number of hydrogen-bond acceptors (Lipinski definition) is 5. The molecule has 0 aromatic heterocycles. The Hall–Kier alpha value is -3.02. The minimum atomic E-state index is -0.400. The second kappa shape index (κ2) is 7.31. The smallest absolute Gasteiger partial charge is 0.277 e. The molecule has 3 N–H and O–H groups in total. The molecule has 0 bridgehead atoms. The van der Waals surface area contributed by atoms with Gasteiger partial charge in [-0.15, -0.1) is 0 Å². The molecule has 0 fully saturated rings. The summed E-state index contributed by atoms with van der Waals surface area (Å²) in [5, 5.41) is 22.3. The largest absolute Gasteiger partial charge is 0.504 e. The molecule has 2 aromatic rings. The van der Waals surface area contributed by atoms with Gasteiger partial charge in [-0.2, -0.15) is 5.10 Å². The van der Waals surface area contributed by atoms with Crippen LogP contribution in [0.1, 0.15) is 16.7 Å². The van der Waals surface area contributed by atoms with E-state index in [1.165, 1.54) is 18.3 Å². The van der Waals surface area contributed by atoms with Crippen LogP contribution in [0.3, 0.4) is 0 Å². The van der Waals surface area contributed by atoms with Gasteiger partial charge in [-0.1, -0.05) is 6.07 Å². The Kier molecular flexibility index (Phi) is 5.19. The van der Waals surface area contributed by atoms with Crippen LogP contribution in [0.2, 0.25) is 0 Å². The number of carbonyl (C=O) groups excluding carboxylic acids is 1. The van der Waals surface area contributed by atoms with Crippen molar-refractivity contribution in [3.05, 3.63) is 53.1 Å². The zero-order chi connectivity index (χ0) is 16.8. The molecule has 0 atom stereocenters. The fourth-order valence-electron chi connectivity index (χ4n) is 1.78. The Labute approximate surface area is 134 Å². The third kappa shape index (κ3) is 4.74. The third-order valence-corrected chi connectivity index (χ3v) is 3.25. The first-order valence-corrected chi connectivity index (χ1v) is 6.99. The van der Waals surface area contributed by atoms with Crippen LogP contribution in [0, 0.1) is 13.8 Å². The molecule has 0 heterocycles. The van der Waals surface area contributed by atoms with Crippen LogP contribution in [0.15, 0.2) is 41.5 Å². The minimum absolute atomic E-state index is 0.152. The van der Waals surface area contributed by atoms with Crippen LogP contribution in [-0.2, 0) is 4.79 Å². The normalized spacial score (nSPS) is 10.7. The van der Waals surface area contributed by atoms with Crippen LogP contribution in [-0.4, -0.2) is 28.9 Å². The molecule has 0 spiro atoms. The lowest BCUT2D eigenvalue weighted by atomic mass is 10.1. The van der Waals surface area contributed by atoms with Gasteiger partial charge in [0.2, 0.25) is 0 Å². The number of aryl methyl sites for hydroxylation is 2. The number of amides is 1. The van der Waals surface area contributed by atoms with Crippen molar-refractivity contribution in [3.63, 3.8) is 0 Å². The number of hydrazone groups is 1. The molecule has 0 aliphatic rings. The summed E-state index contributed by atoms with van der Waals surface area (Å²) in [5.74, 6) is -0.246. The molecule has 0 saturated carbocycles. The van der Waals surface area contributed by atoms with Crippen molar-refractivity contribution >= 4 is 12.1 Å². The van der Waals surface area contributed by atoms with Gasteiger partial charge in [0.1, 0.15) is 5.75 Å². The topological polar surface area (TPSA) is 91.2 Å². The molecule has 0 saturated heterocycles. The third-order valence-electron chi connectivity index (χ3n) is 3.25. The lowest BCUT2D eigenvalue weighted by Gasteiger charge is -2.07. The molecule has 120 valence electrons. The quantitative estimate of drug-likeness (QED) is 0.448. The summed E-state index contributed by atoms with van der Waals surface area (Å²) in [6.07, 6.45) is 1.35. The highest BCUT2D eigenvalue weighted by atomic mass is 16.5. The van der Waals surface area contributed by atoms with Crippen molar-refractivity contribution in [3.8, 4) is 17.2 Å². The van der Waals surface area contributed by atoms with E-state index < -0.39 is 5.91 Å². The number of rotatable bonds is 5. The van der Waals surface area contributed by atoms with Gasteiger partial charge >= 0.3 is 0 Å². The van der Waals surface area contributed by atoms with E-state index in [9.17, 15) is 15.0 Å². The van der Waals surface area contributed by atoms with E-state index >= 15 is 0 Å². The van der Waals surface area contributed by atoms with Gasteiger partial charge in [-0.25, -0.2) is 5.43 Å².